The van der Waals surface area contributed by atoms with E-state index >= 15 is 0 Å². The molecule has 0 aromatic heterocycles. The maximum absolute atomic E-state index is 11.5. The maximum Gasteiger partial charge on any atom is 1.00 e. The molecule has 118 valence electrons. The van der Waals surface area contributed by atoms with E-state index in [0.717, 1.165) is 0 Å². The molecule has 0 aliphatic heterocycles. The number of nitrogens with one attached hydrogen (secondary N) is 1. The molecule has 18 heteroatoms. The van der Waals surface area contributed by atoms with E-state index in [1.54, 1.807) is 0 Å². The van der Waals surface area contributed by atoms with E-state index in [9.17, 15) is 47.1 Å². The minimum Gasteiger partial charge on any atom is -0.392 e. The quantitative estimate of drug-likeness (QED) is 0.248. The van der Waals surface area contributed by atoms with Gasteiger partial charge in [-0.15, -0.1) is 0 Å². The molecule has 0 radical (unpaired) electrons. The van der Waals surface area contributed by atoms with E-state index in [1.807, 2.05) is 0 Å². The molecule has 0 unspecified atom stereocenters. The third-order valence-corrected chi connectivity index (χ3v) is 3.80. The molecule has 7 nitrogen and oxygen atoms in total. The first-order valence-electron chi connectivity index (χ1n) is 3.10. The Morgan fingerprint density at radius 3 is 1.00 bits per heavy atom. The molecule has 0 amide bonds. The first-order valence-corrected chi connectivity index (χ1v) is 7.05. The minimum atomic E-state index is -6.60. The van der Waals surface area contributed by atoms with Gasteiger partial charge in [0.05, 0.1) is 11.1 Å². The third kappa shape index (κ3) is 8.96. The van der Waals surface area contributed by atoms with Gasteiger partial charge in [0.25, 0.3) is 0 Å². The Morgan fingerprint density at radius 1 is 0.750 bits per heavy atom. The average molecular weight is 371 g/mol. The summed E-state index contributed by atoms with van der Waals surface area (Å²) < 4.78 is 135. The Kier molecular flexibility index (Phi) is 9.70. The summed E-state index contributed by atoms with van der Waals surface area (Å²) in [5.41, 5.74) is -12.3. The standard InChI is InChI=1S/C2HF6NO4S2.FO2S.Li/c3-1(4,5)14(10,11)9-15(12,13)2(6,7)8;1-4(2)3;/h9H;;/q;-1;+1. The summed E-state index contributed by atoms with van der Waals surface area (Å²) in [6.07, 6.45) is 0. The van der Waals surface area contributed by atoms with Crippen LogP contribution in [0.5, 0.6) is 0 Å². The van der Waals surface area contributed by atoms with E-state index in [0.29, 0.717) is 0 Å². The molecule has 0 spiro atoms. The summed E-state index contributed by atoms with van der Waals surface area (Å²) in [5.74, 6) is 0. The molecule has 1 N–H and O–H groups in total. The van der Waals surface area contributed by atoms with Crippen molar-refractivity contribution >= 4 is 31.1 Å². The van der Waals surface area contributed by atoms with Crippen LogP contribution in [0.2, 0.25) is 0 Å². The predicted octanol–water partition coefficient (Wildman–Crippen LogP) is -2.54. The van der Waals surface area contributed by atoms with Gasteiger partial charge in [-0.1, -0.05) is 4.13 Å². The summed E-state index contributed by atoms with van der Waals surface area (Å²) in [6, 6.07) is 0. The van der Waals surface area contributed by atoms with Crippen LogP contribution >= 0.6 is 0 Å². The van der Waals surface area contributed by atoms with Gasteiger partial charge < -0.3 is 12.3 Å². The number of rotatable bonds is 2. The molecular formula is C2HF7LiNO6S3. The SMILES string of the molecule is O=S(=O)(NS(=O)(=O)C(F)(F)F)C(F)(F)F.O=[S-](=O)F.[Li+]. The van der Waals surface area contributed by atoms with Crippen molar-refractivity contribution in [3.63, 3.8) is 0 Å². The predicted molar refractivity (Wildman–Crippen MR) is 42.9 cm³/mol. The van der Waals surface area contributed by atoms with Crippen LogP contribution in [-0.2, 0) is 39.6 Å². The van der Waals surface area contributed by atoms with Gasteiger partial charge in [0.15, 0.2) is 0 Å². The summed E-state index contributed by atoms with van der Waals surface area (Å²) in [6.45, 7) is 0. The monoisotopic (exact) mass is 371 g/mol. The Morgan fingerprint density at radius 2 is 0.900 bits per heavy atom. The molecule has 0 saturated carbocycles. The van der Waals surface area contributed by atoms with Gasteiger partial charge in [-0.2, -0.15) is 26.3 Å². The average Bonchev–Trinajstić information content (AvgIpc) is 1.94. The number of sulfonamides is 2. The summed E-state index contributed by atoms with van der Waals surface area (Å²) in [5, 5.41) is 0. The van der Waals surface area contributed by atoms with Crippen LogP contribution in [0.4, 0.5) is 30.2 Å². The molecule has 0 fully saturated rings. The second-order valence-corrected chi connectivity index (χ2v) is 6.17. The van der Waals surface area contributed by atoms with Gasteiger partial charge in [0.2, 0.25) is 0 Å². The molecule has 0 saturated heterocycles. The molecule has 0 aliphatic carbocycles. The van der Waals surface area contributed by atoms with Crippen LogP contribution in [-0.4, -0.2) is 27.9 Å². The number of hydrogen-bond donors (Lipinski definition) is 1. The smallest absolute Gasteiger partial charge is 0.392 e. The third-order valence-electron chi connectivity index (χ3n) is 0.829. The van der Waals surface area contributed by atoms with Crippen molar-refractivity contribution in [2.75, 3.05) is 0 Å². The van der Waals surface area contributed by atoms with Crippen LogP contribution in [0.3, 0.4) is 0 Å². The summed E-state index contributed by atoms with van der Waals surface area (Å²) in [7, 11) is -13.2. The Hall–Kier alpha value is -0.0826. The van der Waals surface area contributed by atoms with Gasteiger partial charge in [-0.05, 0) is 0 Å². The molecule has 0 rings (SSSR count). The van der Waals surface area contributed by atoms with Crippen molar-refractivity contribution in [3.8, 4) is 0 Å². The van der Waals surface area contributed by atoms with E-state index in [1.165, 1.54) is 0 Å². The van der Waals surface area contributed by atoms with Crippen molar-refractivity contribution in [3.05, 3.63) is 0 Å². The van der Waals surface area contributed by atoms with Crippen molar-refractivity contribution in [2.24, 2.45) is 0 Å². The molecular weight excluding hydrogens is 370 g/mol. The van der Waals surface area contributed by atoms with Gasteiger partial charge in [0.1, 0.15) is 0 Å². The second kappa shape index (κ2) is 7.79. The second-order valence-electron chi connectivity index (χ2n) is 2.18. The molecule has 0 aromatic rings. The molecule has 0 bridgehead atoms. The molecule has 0 aliphatic rings. The summed E-state index contributed by atoms with van der Waals surface area (Å²) in [4.78, 5) is 0. The largest absolute Gasteiger partial charge is 1.00 e. The van der Waals surface area contributed by atoms with Crippen LogP contribution in [0.1, 0.15) is 0 Å². The Labute approximate surface area is 121 Å². The van der Waals surface area contributed by atoms with E-state index in [-0.39, 0.29) is 18.9 Å². The van der Waals surface area contributed by atoms with Crippen LogP contribution < -0.4 is 23.0 Å². The molecule has 0 aromatic carbocycles. The van der Waals surface area contributed by atoms with Gasteiger partial charge >= 0.3 is 49.9 Å². The summed E-state index contributed by atoms with van der Waals surface area (Å²) >= 11 is -3.36. The zero-order valence-corrected chi connectivity index (χ0v) is 11.3. The van der Waals surface area contributed by atoms with Gasteiger partial charge in [-0.3, -0.25) is 0 Å². The topological polar surface area (TPSA) is 114 Å². The van der Waals surface area contributed by atoms with Crippen molar-refractivity contribution < 1.29 is 74.3 Å². The Bertz CT molecular complexity index is 521. The van der Waals surface area contributed by atoms with E-state index < -0.39 is 46.3 Å². The van der Waals surface area contributed by atoms with Crippen molar-refractivity contribution in [1.82, 2.24) is 4.13 Å². The zero-order valence-electron chi connectivity index (χ0n) is 8.82. The fraction of sp³-hybridized carbons (Fsp3) is 1.00. The normalized spacial score (nSPS) is 13.2. The van der Waals surface area contributed by atoms with Crippen LogP contribution in [0.25, 0.3) is 0 Å². The molecule has 0 atom stereocenters. The number of halogens is 7. The minimum absolute atomic E-state index is 0. The number of hydrogen-bond acceptors (Lipinski definition) is 7. The maximum atomic E-state index is 11.5. The van der Waals surface area contributed by atoms with Crippen LogP contribution in [0, 0.1) is 0 Å². The first kappa shape index (κ1) is 24.9. The van der Waals surface area contributed by atoms with Gasteiger partial charge in [0, 0.05) is 0 Å². The van der Waals surface area contributed by atoms with Crippen LogP contribution in [0.15, 0.2) is 0 Å². The zero-order chi connectivity index (χ0) is 16.3. The Balaban J connectivity index is -0.000000508. The fourth-order valence-corrected chi connectivity index (χ4v) is 2.15. The molecule has 20 heavy (non-hydrogen) atoms. The van der Waals surface area contributed by atoms with Crippen molar-refractivity contribution in [2.45, 2.75) is 11.0 Å². The van der Waals surface area contributed by atoms with Crippen molar-refractivity contribution in [1.29, 1.82) is 0 Å². The van der Waals surface area contributed by atoms with E-state index in [4.69, 9.17) is 8.42 Å². The van der Waals surface area contributed by atoms with Gasteiger partial charge in [-0.25, -0.2) is 16.8 Å². The molecule has 0 heterocycles. The fourth-order valence-electron chi connectivity index (χ4n) is 0.239. The number of alkyl halides is 6. The first-order chi connectivity index (χ1) is 7.94. The van der Waals surface area contributed by atoms with E-state index in [2.05, 4.69) is 0 Å².